The average molecular weight is 237 g/mol. The fraction of sp³-hybridized carbons (Fsp3) is 0.600. The van der Waals surface area contributed by atoms with Gasteiger partial charge >= 0.3 is 0 Å². The molecule has 0 unspecified atom stereocenters. The standard InChI is InChI=1S/C5H9Si.Ce/c1-5-6(2,3)4;/h2-4H3;/q-1;. The molecule has 0 radical (unpaired) electrons. The smallest absolute Gasteiger partial charge is 0.0806 e. The van der Waals surface area contributed by atoms with Crippen LogP contribution in [-0.2, 0) is 0 Å². The molecule has 0 aromatic heterocycles. The van der Waals surface area contributed by atoms with E-state index in [-0.39, 0.29) is 41.7 Å². The van der Waals surface area contributed by atoms with Gasteiger partial charge in [0.25, 0.3) is 0 Å². The Morgan fingerprint density at radius 1 is 1.29 bits per heavy atom. The molecule has 0 spiro atoms. The Morgan fingerprint density at radius 2 is 1.43 bits per heavy atom. The van der Waals surface area contributed by atoms with Crippen LogP contribution in [0.5, 0.6) is 0 Å². The van der Waals surface area contributed by atoms with E-state index in [0.717, 1.165) is 0 Å². The van der Waals surface area contributed by atoms with Crippen LogP contribution in [0.2, 0.25) is 19.6 Å². The van der Waals surface area contributed by atoms with Crippen LogP contribution in [0.25, 0.3) is 0 Å². The zero-order valence-corrected chi connectivity index (χ0v) is 9.14. The molecule has 0 aliphatic carbocycles. The third-order valence-corrected chi connectivity index (χ3v) is 1.12. The van der Waals surface area contributed by atoms with Gasteiger partial charge in [-0.2, -0.15) is 0 Å². The fourth-order valence-electron chi connectivity index (χ4n) is 0. The van der Waals surface area contributed by atoms with Gasteiger partial charge in [-0.25, -0.2) is 0 Å². The van der Waals surface area contributed by atoms with Gasteiger partial charge in [0.05, 0.1) is 8.07 Å². The van der Waals surface area contributed by atoms with Crippen molar-refractivity contribution in [3.63, 3.8) is 0 Å². The van der Waals surface area contributed by atoms with Crippen molar-refractivity contribution in [2.24, 2.45) is 0 Å². The molecular formula is C5H9CeSi-. The summed E-state index contributed by atoms with van der Waals surface area (Å²) in [7, 11) is -1.21. The largest absolute Gasteiger partial charge is 0.701 e. The zero-order chi connectivity index (χ0) is 5.21. The normalized spacial score (nSPS) is 8.86. The van der Waals surface area contributed by atoms with E-state index in [1.54, 1.807) is 0 Å². The molecule has 0 rings (SSSR count). The van der Waals surface area contributed by atoms with Crippen LogP contribution in [0.15, 0.2) is 0 Å². The third kappa shape index (κ3) is 11.0. The summed E-state index contributed by atoms with van der Waals surface area (Å²) in [6, 6.07) is 0. The van der Waals surface area contributed by atoms with E-state index in [9.17, 15) is 0 Å². The van der Waals surface area contributed by atoms with Crippen LogP contribution in [0.4, 0.5) is 0 Å². The monoisotopic (exact) mass is 237 g/mol. The minimum absolute atomic E-state index is 0. The average Bonchev–Trinajstić information content (AvgIpc) is 1.35. The van der Waals surface area contributed by atoms with Gasteiger partial charge in [0.2, 0.25) is 0 Å². The molecule has 0 aromatic rings. The Bertz CT molecular complexity index is 75.1. The predicted molar refractivity (Wildman–Crippen MR) is 30.5 cm³/mol. The molecular weight excluding hydrogens is 228 g/mol. The molecule has 0 aliphatic heterocycles. The molecule has 38 valence electrons. The fourth-order valence-corrected chi connectivity index (χ4v) is 0. The van der Waals surface area contributed by atoms with Crippen LogP contribution in [0, 0.1) is 53.7 Å². The minimum atomic E-state index is -1.21. The van der Waals surface area contributed by atoms with Gasteiger partial charge in [-0.05, 0) is 0 Å². The van der Waals surface area contributed by atoms with Gasteiger partial charge < -0.3 is 12.0 Å². The Balaban J connectivity index is 0. The van der Waals surface area contributed by atoms with Crippen molar-refractivity contribution in [1.29, 1.82) is 0 Å². The van der Waals surface area contributed by atoms with Gasteiger partial charge in [-0.15, -0.1) is 0 Å². The van der Waals surface area contributed by atoms with Gasteiger partial charge in [0, 0.05) is 41.7 Å². The van der Waals surface area contributed by atoms with Gasteiger partial charge in [0.1, 0.15) is 0 Å². The Morgan fingerprint density at radius 3 is 1.43 bits per heavy atom. The molecule has 0 bridgehead atoms. The van der Waals surface area contributed by atoms with Crippen LogP contribution in [-0.4, -0.2) is 8.07 Å². The minimum Gasteiger partial charge on any atom is -0.701 e. The van der Waals surface area contributed by atoms with Crippen molar-refractivity contribution in [3.8, 4) is 5.54 Å². The summed E-state index contributed by atoms with van der Waals surface area (Å²) < 4.78 is 0. The van der Waals surface area contributed by atoms with Gasteiger partial charge in [-0.1, -0.05) is 19.6 Å². The maximum absolute atomic E-state index is 6.67. The summed E-state index contributed by atoms with van der Waals surface area (Å²) in [6.45, 7) is 6.25. The SMILES string of the molecule is [C-]#C[Si](C)(C)C.[Ce]. The molecule has 0 aromatic carbocycles. The maximum atomic E-state index is 6.67. The van der Waals surface area contributed by atoms with Gasteiger partial charge in [-0.3, -0.25) is 0 Å². The van der Waals surface area contributed by atoms with Crippen molar-refractivity contribution >= 4 is 8.07 Å². The van der Waals surface area contributed by atoms with Crippen LogP contribution in [0.3, 0.4) is 0 Å². The Kier molecular flexibility index (Phi) is 6.41. The molecule has 2 heteroatoms. The Labute approximate surface area is 80.5 Å². The van der Waals surface area contributed by atoms with E-state index in [0.29, 0.717) is 0 Å². The van der Waals surface area contributed by atoms with Crippen LogP contribution in [0.1, 0.15) is 0 Å². The van der Waals surface area contributed by atoms with E-state index >= 15 is 0 Å². The molecule has 0 nitrogen and oxygen atoms in total. The van der Waals surface area contributed by atoms with E-state index in [1.807, 2.05) is 0 Å². The van der Waals surface area contributed by atoms with Crippen LogP contribution >= 0.6 is 0 Å². The second kappa shape index (κ2) is 4.07. The summed E-state index contributed by atoms with van der Waals surface area (Å²) in [5.41, 5.74) is 2.49. The molecule has 0 fully saturated rings. The second-order valence-corrected chi connectivity index (χ2v) is 7.12. The molecule has 0 amide bonds. The first-order chi connectivity index (χ1) is 2.56. The summed E-state index contributed by atoms with van der Waals surface area (Å²) >= 11 is 0. The molecule has 0 saturated carbocycles. The van der Waals surface area contributed by atoms with Gasteiger partial charge in [0.15, 0.2) is 0 Å². The predicted octanol–water partition coefficient (Wildman–Crippen LogP) is 1.45. The molecule has 0 atom stereocenters. The maximum Gasteiger partial charge on any atom is 0.0806 e. The molecule has 0 N–H and O–H groups in total. The van der Waals surface area contributed by atoms with Crippen molar-refractivity contribution < 1.29 is 41.7 Å². The summed E-state index contributed by atoms with van der Waals surface area (Å²) in [5, 5.41) is 0. The van der Waals surface area contributed by atoms with Crippen molar-refractivity contribution in [2.45, 2.75) is 19.6 Å². The van der Waals surface area contributed by atoms with E-state index < -0.39 is 8.07 Å². The summed E-state index contributed by atoms with van der Waals surface area (Å²) in [5.74, 6) is 0. The van der Waals surface area contributed by atoms with E-state index in [2.05, 4.69) is 25.2 Å². The first kappa shape index (κ1) is 11.0. The summed E-state index contributed by atoms with van der Waals surface area (Å²) in [6.07, 6.45) is 6.67. The van der Waals surface area contributed by atoms with Crippen LogP contribution < -0.4 is 0 Å². The van der Waals surface area contributed by atoms with Crippen molar-refractivity contribution in [1.82, 2.24) is 0 Å². The second-order valence-electron chi connectivity index (χ2n) is 2.38. The van der Waals surface area contributed by atoms with E-state index in [4.69, 9.17) is 6.42 Å². The summed E-state index contributed by atoms with van der Waals surface area (Å²) in [4.78, 5) is 0. The topological polar surface area (TPSA) is 0 Å². The molecule has 7 heavy (non-hydrogen) atoms. The number of rotatable bonds is 0. The quantitative estimate of drug-likeness (QED) is 0.340. The zero-order valence-electron chi connectivity index (χ0n) is 5.00. The molecule has 0 heterocycles. The first-order valence-electron chi connectivity index (χ1n) is 2.00. The number of hydrogen-bond acceptors (Lipinski definition) is 0. The van der Waals surface area contributed by atoms with Crippen molar-refractivity contribution in [3.05, 3.63) is 6.42 Å². The first-order valence-corrected chi connectivity index (χ1v) is 5.50. The Hall–Kier alpha value is 1.15. The third-order valence-electron chi connectivity index (χ3n) is 0.375. The molecule has 0 saturated heterocycles. The molecule has 0 aliphatic rings. The van der Waals surface area contributed by atoms with Crippen molar-refractivity contribution in [2.75, 3.05) is 0 Å². The van der Waals surface area contributed by atoms with E-state index in [1.165, 1.54) is 0 Å². The number of hydrogen-bond donors (Lipinski definition) is 0.